The molecule has 0 unspecified atom stereocenters. The van der Waals surface area contributed by atoms with Crippen LogP contribution < -0.4 is 5.32 Å². The Hall–Kier alpha value is -2.37. The molecule has 94 valence electrons. The lowest BCUT2D eigenvalue weighted by molar-refractivity contribution is 0.0600. The summed E-state index contributed by atoms with van der Waals surface area (Å²) < 4.78 is 18.1. The van der Waals surface area contributed by atoms with Gasteiger partial charge in [-0.3, -0.25) is 0 Å². The van der Waals surface area contributed by atoms with Crippen molar-refractivity contribution in [2.24, 2.45) is 0 Å². The van der Waals surface area contributed by atoms with Crippen LogP contribution in [0.4, 0.5) is 10.1 Å². The number of rotatable bonds is 4. The van der Waals surface area contributed by atoms with Gasteiger partial charge in [0.2, 0.25) is 0 Å². The van der Waals surface area contributed by atoms with E-state index in [1.165, 1.54) is 31.6 Å². The summed E-state index contributed by atoms with van der Waals surface area (Å²) in [5.41, 5.74) is 1.36. The number of aromatic nitrogens is 2. The molecule has 6 heteroatoms. The molecule has 0 bridgehead atoms. The van der Waals surface area contributed by atoms with E-state index < -0.39 is 11.8 Å². The number of ether oxygens (including phenoxy) is 1. The Bertz CT molecular complexity index is 540. The minimum Gasteiger partial charge on any atom is -0.465 e. The molecule has 2 rings (SSSR count). The van der Waals surface area contributed by atoms with Crippen LogP contribution in [0.3, 0.4) is 0 Å². The van der Waals surface area contributed by atoms with Gasteiger partial charge < -0.3 is 15.0 Å². The Morgan fingerprint density at radius 3 is 3.06 bits per heavy atom. The largest absolute Gasteiger partial charge is 0.465 e. The minimum atomic E-state index is -0.500. The van der Waals surface area contributed by atoms with Gasteiger partial charge in [0.1, 0.15) is 5.82 Å². The first kappa shape index (κ1) is 12.1. The van der Waals surface area contributed by atoms with E-state index in [2.05, 4.69) is 20.0 Å². The molecule has 0 fully saturated rings. The zero-order valence-electron chi connectivity index (χ0n) is 9.74. The third kappa shape index (κ3) is 2.65. The Morgan fingerprint density at radius 1 is 1.56 bits per heavy atom. The average Bonchev–Trinajstić information content (AvgIpc) is 2.90. The van der Waals surface area contributed by atoms with Gasteiger partial charge in [-0.1, -0.05) is 0 Å². The van der Waals surface area contributed by atoms with Crippen LogP contribution in [-0.4, -0.2) is 23.0 Å². The highest BCUT2D eigenvalue weighted by molar-refractivity contribution is 5.90. The van der Waals surface area contributed by atoms with Gasteiger partial charge >= 0.3 is 5.97 Å². The predicted molar refractivity (Wildman–Crippen MR) is 63.7 cm³/mol. The summed E-state index contributed by atoms with van der Waals surface area (Å²) in [6, 6.07) is 4.02. The van der Waals surface area contributed by atoms with Gasteiger partial charge in [-0.25, -0.2) is 14.2 Å². The third-order valence-electron chi connectivity index (χ3n) is 2.41. The van der Waals surface area contributed by atoms with E-state index in [1.54, 1.807) is 6.20 Å². The summed E-state index contributed by atoms with van der Waals surface area (Å²) in [6.45, 7) is 0.390. The number of H-pyrrole nitrogens is 1. The van der Waals surface area contributed by atoms with E-state index in [9.17, 15) is 9.18 Å². The molecule has 0 aliphatic carbocycles. The fraction of sp³-hybridized carbons (Fsp3) is 0.167. The summed E-state index contributed by atoms with van der Waals surface area (Å²) >= 11 is 0. The van der Waals surface area contributed by atoms with Crippen molar-refractivity contribution in [1.82, 2.24) is 9.97 Å². The van der Waals surface area contributed by atoms with Gasteiger partial charge in [0.15, 0.2) is 0 Å². The molecule has 5 nitrogen and oxygen atoms in total. The van der Waals surface area contributed by atoms with Gasteiger partial charge in [-0.2, -0.15) is 0 Å². The van der Waals surface area contributed by atoms with Crippen molar-refractivity contribution in [1.29, 1.82) is 0 Å². The molecule has 0 amide bonds. The van der Waals surface area contributed by atoms with E-state index in [4.69, 9.17) is 0 Å². The molecule has 2 aromatic rings. The molecule has 18 heavy (non-hydrogen) atoms. The number of imidazole rings is 1. The van der Waals surface area contributed by atoms with Crippen LogP contribution in [-0.2, 0) is 11.3 Å². The van der Waals surface area contributed by atoms with Crippen LogP contribution >= 0.6 is 0 Å². The summed E-state index contributed by atoms with van der Waals surface area (Å²) in [7, 11) is 1.28. The monoisotopic (exact) mass is 249 g/mol. The van der Waals surface area contributed by atoms with Crippen LogP contribution in [0.15, 0.2) is 30.7 Å². The van der Waals surface area contributed by atoms with E-state index in [1.807, 2.05) is 0 Å². The number of nitrogens with zero attached hydrogens (tertiary/aromatic N) is 1. The van der Waals surface area contributed by atoms with Crippen molar-refractivity contribution in [2.45, 2.75) is 6.54 Å². The fourth-order valence-electron chi connectivity index (χ4n) is 1.48. The quantitative estimate of drug-likeness (QED) is 0.813. The molecule has 0 atom stereocenters. The van der Waals surface area contributed by atoms with Gasteiger partial charge in [-0.15, -0.1) is 0 Å². The Kier molecular flexibility index (Phi) is 3.57. The number of halogens is 1. The topological polar surface area (TPSA) is 67.0 Å². The number of methoxy groups -OCH3 is 1. The second kappa shape index (κ2) is 5.31. The highest BCUT2D eigenvalue weighted by atomic mass is 19.1. The number of nitrogens with one attached hydrogen (secondary N) is 2. The maximum absolute atomic E-state index is 13.5. The van der Waals surface area contributed by atoms with Gasteiger partial charge in [0, 0.05) is 6.20 Å². The Labute approximate surface area is 103 Å². The number of aromatic amines is 1. The predicted octanol–water partition coefficient (Wildman–Crippen LogP) is 1.95. The van der Waals surface area contributed by atoms with Crippen LogP contribution in [0.25, 0.3) is 0 Å². The minimum absolute atomic E-state index is 0.243. The molecule has 1 aromatic carbocycles. The van der Waals surface area contributed by atoms with Crippen molar-refractivity contribution < 1.29 is 13.9 Å². The van der Waals surface area contributed by atoms with Crippen molar-refractivity contribution in [3.8, 4) is 0 Å². The second-order valence-corrected chi connectivity index (χ2v) is 3.62. The molecule has 1 aromatic heterocycles. The third-order valence-corrected chi connectivity index (χ3v) is 2.41. The lowest BCUT2D eigenvalue weighted by Crippen LogP contribution is -2.06. The summed E-state index contributed by atoms with van der Waals surface area (Å²) in [5.74, 6) is -0.929. The summed E-state index contributed by atoms with van der Waals surface area (Å²) in [6.07, 6.45) is 3.17. The average molecular weight is 249 g/mol. The molecule has 0 aliphatic heterocycles. The molecule has 2 N–H and O–H groups in total. The Morgan fingerprint density at radius 2 is 2.39 bits per heavy atom. The van der Waals surface area contributed by atoms with Gasteiger partial charge in [0.05, 0.1) is 36.9 Å². The maximum Gasteiger partial charge on any atom is 0.337 e. The molecule has 0 aliphatic rings. The second-order valence-electron chi connectivity index (χ2n) is 3.62. The van der Waals surface area contributed by atoms with E-state index >= 15 is 0 Å². The lowest BCUT2D eigenvalue weighted by Gasteiger charge is -2.08. The molecule has 1 heterocycles. The molecule has 0 radical (unpaired) electrons. The molecule has 0 saturated heterocycles. The van der Waals surface area contributed by atoms with Crippen LogP contribution in [0, 0.1) is 5.82 Å². The van der Waals surface area contributed by atoms with E-state index in [0.717, 1.165) is 5.69 Å². The van der Waals surface area contributed by atoms with Crippen LogP contribution in [0.2, 0.25) is 0 Å². The summed E-state index contributed by atoms with van der Waals surface area (Å²) in [5, 5.41) is 2.88. The van der Waals surface area contributed by atoms with Crippen molar-refractivity contribution in [3.63, 3.8) is 0 Å². The smallest absolute Gasteiger partial charge is 0.337 e. The van der Waals surface area contributed by atoms with Crippen molar-refractivity contribution >= 4 is 11.7 Å². The zero-order chi connectivity index (χ0) is 13.0. The number of benzene rings is 1. The van der Waals surface area contributed by atoms with Crippen LogP contribution in [0.1, 0.15) is 16.1 Å². The highest BCUT2D eigenvalue weighted by Gasteiger charge is 2.09. The van der Waals surface area contributed by atoms with Gasteiger partial charge in [-0.05, 0) is 18.2 Å². The SMILES string of the molecule is COC(=O)c1ccc(F)c(NCc2cnc[nH]2)c1. The first-order chi connectivity index (χ1) is 8.70. The first-order valence-electron chi connectivity index (χ1n) is 5.29. The van der Waals surface area contributed by atoms with Crippen molar-refractivity contribution in [2.75, 3.05) is 12.4 Å². The number of carbonyl (C=O) groups is 1. The number of esters is 1. The number of hydrogen-bond donors (Lipinski definition) is 2. The first-order valence-corrected chi connectivity index (χ1v) is 5.29. The van der Waals surface area contributed by atoms with E-state index in [-0.39, 0.29) is 5.69 Å². The van der Waals surface area contributed by atoms with Crippen LogP contribution in [0.5, 0.6) is 0 Å². The highest BCUT2D eigenvalue weighted by Crippen LogP contribution is 2.17. The zero-order valence-corrected chi connectivity index (χ0v) is 9.74. The Balaban J connectivity index is 2.13. The summed E-state index contributed by atoms with van der Waals surface area (Å²) in [4.78, 5) is 18.1. The van der Waals surface area contributed by atoms with Crippen molar-refractivity contribution in [3.05, 3.63) is 47.8 Å². The standard InChI is InChI=1S/C12H12FN3O2/c1-18-12(17)8-2-3-10(13)11(4-8)15-6-9-5-14-7-16-9/h2-5,7,15H,6H2,1H3,(H,14,16). The molecular formula is C12H12FN3O2. The van der Waals surface area contributed by atoms with Gasteiger partial charge in [0.25, 0.3) is 0 Å². The lowest BCUT2D eigenvalue weighted by atomic mass is 10.2. The molecule has 0 spiro atoms. The number of hydrogen-bond acceptors (Lipinski definition) is 4. The maximum atomic E-state index is 13.5. The molecule has 0 saturated carbocycles. The molecular weight excluding hydrogens is 237 g/mol. The number of anilines is 1. The number of carbonyl (C=O) groups excluding carboxylic acids is 1. The fourth-order valence-corrected chi connectivity index (χ4v) is 1.48. The normalized spacial score (nSPS) is 10.1. The van der Waals surface area contributed by atoms with E-state index in [0.29, 0.717) is 12.1 Å².